The standard InChI is InChI=1S/C11H12F2N2O4/c1-2-3-8(11(16)17)14-9-5-6(12)4-7(13)10(9)15(18)19/h4-5,8,14H,2-3H2,1H3,(H,16,17). The number of rotatable bonds is 6. The lowest BCUT2D eigenvalue weighted by atomic mass is 10.1. The highest BCUT2D eigenvalue weighted by Gasteiger charge is 2.26. The Hall–Kier alpha value is -2.25. The van der Waals surface area contributed by atoms with Crippen molar-refractivity contribution in [3.05, 3.63) is 33.9 Å². The van der Waals surface area contributed by atoms with Gasteiger partial charge in [-0.25, -0.2) is 9.18 Å². The zero-order chi connectivity index (χ0) is 14.6. The molecular formula is C11H12F2N2O4. The fraction of sp³-hybridized carbons (Fsp3) is 0.364. The third-order valence-electron chi connectivity index (χ3n) is 2.42. The summed E-state index contributed by atoms with van der Waals surface area (Å²) in [5.74, 6) is -3.62. The molecular weight excluding hydrogens is 262 g/mol. The molecule has 2 N–H and O–H groups in total. The molecule has 0 heterocycles. The Morgan fingerprint density at radius 2 is 2.16 bits per heavy atom. The molecule has 0 amide bonds. The second kappa shape index (κ2) is 6.07. The first-order valence-corrected chi connectivity index (χ1v) is 5.49. The van der Waals surface area contributed by atoms with E-state index in [0.717, 1.165) is 0 Å². The maximum Gasteiger partial charge on any atom is 0.327 e. The summed E-state index contributed by atoms with van der Waals surface area (Å²) in [6, 6.07) is -0.0731. The summed E-state index contributed by atoms with van der Waals surface area (Å²) >= 11 is 0. The van der Waals surface area contributed by atoms with Crippen LogP contribution in [0.1, 0.15) is 19.8 Å². The van der Waals surface area contributed by atoms with E-state index in [4.69, 9.17) is 5.11 Å². The molecule has 1 aromatic rings. The van der Waals surface area contributed by atoms with Crippen molar-refractivity contribution in [2.45, 2.75) is 25.8 Å². The number of aliphatic carboxylic acids is 1. The average Bonchev–Trinajstić information content (AvgIpc) is 2.26. The quantitative estimate of drug-likeness (QED) is 0.614. The van der Waals surface area contributed by atoms with E-state index >= 15 is 0 Å². The molecule has 104 valence electrons. The predicted octanol–water partition coefficient (Wildman–Crippen LogP) is 2.54. The van der Waals surface area contributed by atoms with Gasteiger partial charge < -0.3 is 10.4 Å². The van der Waals surface area contributed by atoms with E-state index in [1.54, 1.807) is 6.92 Å². The molecule has 1 rings (SSSR count). The number of nitrogens with zero attached hydrogens (tertiary/aromatic N) is 1. The highest BCUT2D eigenvalue weighted by atomic mass is 19.1. The van der Waals surface area contributed by atoms with Gasteiger partial charge in [-0.05, 0) is 6.42 Å². The molecule has 0 radical (unpaired) electrons. The smallest absolute Gasteiger partial charge is 0.327 e. The number of nitro benzene ring substituents is 1. The normalized spacial score (nSPS) is 11.9. The molecule has 6 nitrogen and oxygen atoms in total. The summed E-state index contributed by atoms with van der Waals surface area (Å²) in [6.07, 6.45) is 0.667. The van der Waals surface area contributed by atoms with Gasteiger partial charge in [-0.2, -0.15) is 4.39 Å². The van der Waals surface area contributed by atoms with Crippen LogP contribution in [-0.4, -0.2) is 22.0 Å². The van der Waals surface area contributed by atoms with Crippen LogP contribution in [-0.2, 0) is 4.79 Å². The molecule has 0 aliphatic heterocycles. The molecule has 1 aromatic carbocycles. The molecule has 8 heteroatoms. The van der Waals surface area contributed by atoms with Crippen molar-refractivity contribution in [2.75, 3.05) is 5.32 Å². The molecule has 1 atom stereocenters. The van der Waals surface area contributed by atoms with Crippen molar-refractivity contribution in [3.8, 4) is 0 Å². The van der Waals surface area contributed by atoms with Gasteiger partial charge in [-0.15, -0.1) is 0 Å². The van der Waals surface area contributed by atoms with Crippen molar-refractivity contribution in [2.24, 2.45) is 0 Å². The van der Waals surface area contributed by atoms with Crippen LogP contribution in [0, 0.1) is 21.7 Å². The number of anilines is 1. The second-order valence-electron chi connectivity index (χ2n) is 3.86. The van der Waals surface area contributed by atoms with Crippen molar-refractivity contribution in [1.29, 1.82) is 0 Å². The summed E-state index contributed by atoms with van der Waals surface area (Å²) < 4.78 is 26.4. The first kappa shape index (κ1) is 14.8. The highest BCUT2D eigenvalue weighted by Crippen LogP contribution is 2.29. The molecule has 0 saturated carbocycles. The lowest BCUT2D eigenvalue weighted by molar-refractivity contribution is -0.386. The number of hydrogen-bond donors (Lipinski definition) is 2. The maximum absolute atomic E-state index is 13.3. The third-order valence-corrected chi connectivity index (χ3v) is 2.42. The van der Waals surface area contributed by atoms with Crippen LogP contribution in [0.5, 0.6) is 0 Å². The zero-order valence-electron chi connectivity index (χ0n) is 10.0. The minimum Gasteiger partial charge on any atom is -0.480 e. The minimum atomic E-state index is -1.35. The van der Waals surface area contributed by atoms with Crippen LogP contribution >= 0.6 is 0 Å². The number of benzene rings is 1. The van der Waals surface area contributed by atoms with Gasteiger partial charge >= 0.3 is 11.7 Å². The van der Waals surface area contributed by atoms with E-state index in [1.807, 2.05) is 0 Å². The Bertz CT molecular complexity index is 508. The monoisotopic (exact) mass is 274 g/mol. The number of hydrogen-bond acceptors (Lipinski definition) is 4. The Kier molecular flexibility index (Phi) is 4.74. The van der Waals surface area contributed by atoms with Crippen LogP contribution < -0.4 is 5.32 Å². The Labute approximate surface area is 107 Å². The molecule has 0 bridgehead atoms. The first-order valence-electron chi connectivity index (χ1n) is 5.49. The van der Waals surface area contributed by atoms with Gasteiger partial charge in [0.05, 0.1) is 4.92 Å². The number of carbonyl (C=O) groups is 1. The van der Waals surface area contributed by atoms with Gasteiger partial charge in [0.15, 0.2) is 0 Å². The topological polar surface area (TPSA) is 92.5 Å². The molecule has 0 fully saturated rings. The second-order valence-corrected chi connectivity index (χ2v) is 3.86. The van der Waals surface area contributed by atoms with Crippen LogP contribution in [0.3, 0.4) is 0 Å². The lowest BCUT2D eigenvalue weighted by Gasteiger charge is -2.15. The van der Waals surface area contributed by atoms with Crippen molar-refractivity contribution >= 4 is 17.3 Å². The predicted molar refractivity (Wildman–Crippen MR) is 63.0 cm³/mol. The van der Waals surface area contributed by atoms with Gasteiger partial charge in [-0.1, -0.05) is 13.3 Å². The summed E-state index contributed by atoms with van der Waals surface area (Å²) in [6.45, 7) is 1.72. The molecule has 0 aliphatic carbocycles. The minimum absolute atomic E-state index is 0.171. The van der Waals surface area contributed by atoms with E-state index in [-0.39, 0.29) is 6.42 Å². The van der Waals surface area contributed by atoms with E-state index in [2.05, 4.69) is 5.32 Å². The summed E-state index contributed by atoms with van der Waals surface area (Å²) in [7, 11) is 0. The molecule has 1 unspecified atom stereocenters. The number of halogens is 2. The Morgan fingerprint density at radius 3 is 2.63 bits per heavy atom. The van der Waals surface area contributed by atoms with Gasteiger partial charge in [0.2, 0.25) is 5.82 Å². The first-order chi connectivity index (χ1) is 8.86. The van der Waals surface area contributed by atoms with Crippen LogP contribution in [0.2, 0.25) is 0 Å². The fourth-order valence-electron chi connectivity index (χ4n) is 1.60. The number of carboxylic acid groups (broad SMARTS) is 1. The molecule has 0 aromatic heterocycles. The maximum atomic E-state index is 13.3. The number of carboxylic acids is 1. The largest absolute Gasteiger partial charge is 0.480 e. The average molecular weight is 274 g/mol. The van der Waals surface area contributed by atoms with Gasteiger partial charge in [0.25, 0.3) is 0 Å². The Morgan fingerprint density at radius 1 is 1.53 bits per heavy atom. The molecule has 0 saturated heterocycles. The van der Waals surface area contributed by atoms with Gasteiger partial charge in [-0.3, -0.25) is 10.1 Å². The third kappa shape index (κ3) is 3.60. The lowest BCUT2D eigenvalue weighted by Crippen LogP contribution is -2.29. The van der Waals surface area contributed by atoms with Crippen LogP contribution in [0.15, 0.2) is 12.1 Å². The Balaban J connectivity index is 3.18. The van der Waals surface area contributed by atoms with E-state index in [0.29, 0.717) is 18.6 Å². The fourth-order valence-corrected chi connectivity index (χ4v) is 1.60. The van der Waals surface area contributed by atoms with Crippen molar-refractivity contribution in [1.82, 2.24) is 0 Å². The van der Waals surface area contributed by atoms with E-state index < -0.39 is 39.9 Å². The van der Waals surface area contributed by atoms with E-state index in [1.165, 1.54) is 0 Å². The van der Waals surface area contributed by atoms with Crippen molar-refractivity contribution < 1.29 is 23.6 Å². The molecule has 0 spiro atoms. The molecule has 0 aliphatic rings. The van der Waals surface area contributed by atoms with Crippen LogP contribution in [0.4, 0.5) is 20.2 Å². The number of nitro groups is 1. The summed E-state index contributed by atoms with van der Waals surface area (Å²) in [4.78, 5) is 20.6. The van der Waals surface area contributed by atoms with Crippen LogP contribution in [0.25, 0.3) is 0 Å². The summed E-state index contributed by atoms with van der Waals surface area (Å²) in [5.41, 5.74) is -1.45. The van der Waals surface area contributed by atoms with Gasteiger partial charge in [0, 0.05) is 12.1 Å². The van der Waals surface area contributed by atoms with E-state index in [9.17, 15) is 23.7 Å². The SMILES string of the molecule is CCCC(Nc1cc(F)cc(F)c1[N+](=O)[O-])C(=O)O. The molecule has 19 heavy (non-hydrogen) atoms. The number of nitrogens with one attached hydrogen (secondary N) is 1. The van der Waals surface area contributed by atoms with Crippen molar-refractivity contribution in [3.63, 3.8) is 0 Å². The highest BCUT2D eigenvalue weighted by molar-refractivity contribution is 5.79. The zero-order valence-corrected chi connectivity index (χ0v) is 10.0. The van der Waals surface area contributed by atoms with Gasteiger partial charge in [0.1, 0.15) is 17.5 Å². The summed E-state index contributed by atoms with van der Waals surface area (Å²) in [5, 5.41) is 21.9.